The molecule has 0 aliphatic carbocycles. The highest BCUT2D eigenvalue weighted by molar-refractivity contribution is 14.1. The first-order valence-corrected chi connectivity index (χ1v) is 13.3. The van der Waals surface area contributed by atoms with Gasteiger partial charge in [0.05, 0.1) is 32.7 Å². The SMILES string of the molecule is COc1cc(/C=C2\SC(=O)N(CCOc3ccc(C)cc3)C2=O)cc(I)c1OC(=O)c1ccccc1Cl. The molecule has 1 heterocycles. The van der Waals surface area contributed by atoms with Crippen molar-refractivity contribution in [1.29, 1.82) is 0 Å². The van der Waals surface area contributed by atoms with E-state index in [1.165, 1.54) is 7.11 Å². The molecule has 3 aromatic rings. The van der Waals surface area contributed by atoms with E-state index in [0.29, 0.717) is 20.6 Å². The Kier molecular flexibility index (Phi) is 8.78. The normalized spacial score (nSPS) is 14.3. The number of carbonyl (C=O) groups is 3. The molecule has 3 aromatic carbocycles. The van der Waals surface area contributed by atoms with E-state index in [1.807, 2.05) is 53.8 Å². The third kappa shape index (κ3) is 6.46. The second-order valence-corrected chi connectivity index (χ2v) is 10.5. The monoisotopic (exact) mass is 649 g/mol. The van der Waals surface area contributed by atoms with E-state index in [9.17, 15) is 14.4 Å². The maximum Gasteiger partial charge on any atom is 0.345 e. The molecule has 0 spiro atoms. The van der Waals surface area contributed by atoms with E-state index in [2.05, 4.69) is 0 Å². The fourth-order valence-corrected chi connectivity index (χ4v) is 5.24. The van der Waals surface area contributed by atoms with E-state index in [0.717, 1.165) is 22.2 Å². The van der Waals surface area contributed by atoms with Gasteiger partial charge in [-0.25, -0.2) is 4.79 Å². The zero-order chi connectivity index (χ0) is 26.5. The number of nitrogens with zero attached hydrogens (tertiary/aromatic N) is 1. The van der Waals surface area contributed by atoms with Crippen LogP contribution in [0.4, 0.5) is 4.79 Å². The Labute approximate surface area is 236 Å². The van der Waals surface area contributed by atoms with Crippen LogP contribution < -0.4 is 14.2 Å². The first kappa shape index (κ1) is 27.0. The Morgan fingerprint density at radius 1 is 1.11 bits per heavy atom. The second-order valence-electron chi connectivity index (χ2n) is 7.90. The van der Waals surface area contributed by atoms with Gasteiger partial charge in [0.2, 0.25) is 0 Å². The lowest BCUT2D eigenvalue weighted by Crippen LogP contribution is -2.32. The van der Waals surface area contributed by atoms with Crippen LogP contribution in [-0.2, 0) is 4.79 Å². The van der Waals surface area contributed by atoms with Gasteiger partial charge in [-0.3, -0.25) is 14.5 Å². The lowest BCUT2D eigenvalue weighted by atomic mass is 10.1. The number of imide groups is 1. The third-order valence-electron chi connectivity index (χ3n) is 5.32. The van der Waals surface area contributed by atoms with E-state index in [-0.39, 0.29) is 39.6 Å². The largest absolute Gasteiger partial charge is 0.493 e. The molecule has 4 rings (SSSR count). The summed E-state index contributed by atoms with van der Waals surface area (Å²) in [6.45, 7) is 2.30. The molecule has 1 aliphatic heterocycles. The molecule has 37 heavy (non-hydrogen) atoms. The molecular formula is C27H21ClINO6S. The minimum atomic E-state index is -0.622. The summed E-state index contributed by atoms with van der Waals surface area (Å²) in [5.41, 5.74) is 1.95. The predicted octanol–water partition coefficient (Wildman–Crippen LogP) is 6.60. The average Bonchev–Trinajstić information content (AvgIpc) is 3.14. The summed E-state index contributed by atoms with van der Waals surface area (Å²) in [4.78, 5) is 39.5. The van der Waals surface area contributed by atoms with Gasteiger partial charge in [0.1, 0.15) is 12.4 Å². The fraction of sp³-hybridized carbons (Fsp3) is 0.148. The number of carbonyl (C=O) groups excluding carboxylic acids is 3. The summed E-state index contributed by atoms with van der Waals surface area (Å²) in [7, 11) is 1.45. The number of benzene rings is 3. The molecule has 0 unspecified atom stereocenters. The number of amides is 2. The number of aryl methyl sites for hydroxylation is 1. The third-order valence-corrected chi connectivity index (χ3v) is 7.35. The van der Waals surface area contributed by atoms with Crippen molar-refractivity contribution in [3.63, 3.8) is 0 Å². The van der Waals surface area contributed by atoms with Gasteiger partial charge >= 0.3 is 5.97 Å². The molecule has 1 aliphatic rings. The van der Waals surface area contributed by atoms with E-state index < -0.39 is 11.9 Å². The van der Waals surface area contributed by atoms with Crippen LogP contribution in [0.15, 0.2) is 65.6 Å². The van der Waals surface area contributed by atoms with Gasteiger partial charge in [0.15, 0.2) is 11.5 Å². The molecule has 0 atom stereocenters. The quantitative estimate of drug-likeness (QED) is 0.118. The number of hydrogen-bond donors (Lipinski definition) is 0. The van der Waals surface area contributed by atoms with E-state index in [4.69, 9.17) is 25.8 Å². The van der Waals surface area contributed by atoms with Gasteiger partial charge in [-0.2, -0.15) is 0 Å². The molecular weight excluding hydrogens is 629 g/mol. The van der Waals surface area contributed by atoms with Crippen LogP contribution in [0.2, 0.25) is 5.02 Å². The Bertz CT molecular complexity index is 1390. The highest BCUT2D eigenvalue weighted by Crippen LogP contribution is 2.38. The highest BCUT2D eigenvalue weighted by atomic mass is 127. The molecule has 2 amide bonds. The summed E-state index contributed by atoms with van der Waals surface area (Å²) in [6, 6.07) is 17.5. The Morgan fingerprint density at radius 3 is 2.54 bits per heavy atom. The van der Waals surface area contributed by atoms with Crippen molar-refractivity contribution in [3.8, 4) is 17.2 Å². The van der Waals surface area contributed by atoms with Crippen LogP contribution in [0.25, 0.3) is 6.08 Å². The van der Waals surface area contributed by atoms with Crippen molar-refractivity contribution in [2.24, 2.45) is 0 Å². The Hall–Kier alpha value is -3.02. The minimum Gasteiger partial charge on any atom is -0.493 e. The maximum atomic E-state index is 12.9. The molecule has 7 nitrogen and oxygen atoms in total. The number of rotatable bonds is 8. The number of esters is 1. The van der Waals surface area contributed by atoms with E-state index >= 15 is 0 Å². The van der Waals surface area contributed by atoms with Crippen LogP contribution in [0.1, 0.15) is 21.5 Å². The number of hydrogen-bond acceptors (Lipinski definition) is 7. The van der Waals surface area contributed by atoms with Crippen molar-refractivity contribution in [3.05, 3.63) is 90.9 Å². The van der Waals surface area contributed by atoms with Crippen molar-refractivity contribution >= 4 is 69.1 Å². The molecule has 1 fully saturated rings. The molecule has 0 bridgehead atoms. The molecule has 0 saturated carbocycles. The number of ether oxygens (including phenoxy) is 3. The number of halogens is 2. The molecule has 190 valence electrons. The van der Waals surface area contributed by atoms with Crippen LogP contribution in [-0.4, -0.2) is 42.3 Å². The van der Waals surface area contributed by atoms with Crippen molar-refractivity contribution in [1.82, 2.24) is 4.90 Å². The summed E-state index contributed by atoms with van der Waals surface area (Å²) >= 11 is 8.98. The summed E-state index contributed by atoms with van der Waals surface area (Å²) in [5.74, 6) is 0.176. The summed E-state index contributed by atoms with van der Waals surface area (Å²) < 4.78 is 17.3. The van der Waals surface area contributed by atoms with Crippen molar-refractivity contribution in [2.75, 3.05) is 20.3 Å². The second kappa shape index (κ2) is 12.0. The summed E-state index contributed by atoms with van der Waals surface area (Å²) in [5, 5.41) is -0.0891. The molecule has 10 heteroatoms. The van der Waals surface area contributed by atoms with E-state index in [1.54, 1.807) is 42.5 Å². The van der Waals surface area contributed by atoms with Crippen LogP contribution >= 0.6 is 46.0 Å². The van der Waals surface area contributed by atoms with Gasteiger partial charge in [0, 0.05) is 0 Å². The predicted molar refractivity (Wildman–Crippen MR) is 151 cm³/mol. The topological polar surface area (TPSA) is 82.1 Å². The summed E-state index contributed by atoms with van der Waals surface area (Å²) in [6.07, 6.45) is 1.61. The maximum absolute atomic E-state index is 12.9. The lowest BCUT2D eigenvalue weighted by Gasteiger charge is -2.14. The number of thioether (sulfide) groups is 1. The van der Waals surface area contributed by atoms with Crippen LogP contribution in [0.3, 0.4) is 0 Å². The van der Waals surface area contributed by atoms with Gasteiger partial charge in [0.25, 0.3) is 11.1 Å². The van der Waals surface area contributed by atoms with Crippen molar-refractivity contribution in [2.45, 2.75) is 6.92 Å². The molecule has 0 N–H and O–H groups in total. The zero-order valence-corrected chi connectivity index (χ0v) is 23.6. The molecule has 0 aromatic heterocycles. The molecule has 1 saturated heterocycles. The molecule has 0 radical (unpaired) electrons. The minimum absolute atomic E-state index is 0.133. The smallest absolute Gasteiger partial charge is 0.345 e. The first-order chi connectivity index (χ1) is 17.8. The van der Waals surface area contributed by atoms with Gasteiger partial charge in [-0.1, -0.05) is 41.4 Å². The number of methoxy groups -OCH3 is 1. The Balaban J connectivity index is 1.47. The van der Waals surface area contributed by atoms with Gasteiger partial charge in [-0.15, -0.1) is 0 Å². The zero-order valence-electron chi connectivity index (χ0n) is 19.8. The Morgan fingerprint density at radius 2 is 1.84 bits per heavy atom. The standard InChI is InChI=1S/C27H21ClINO6S/c1-16-7-9-18(10-8-16)35-12-11-30-25(31)23(37-27(30)33)15-17-13-21(29)24(22(14-17)34-2)36-26(32)19-5-3-4-6-20(19)28/h3-10,13-15H,11-12H2,1-2H3/b23-15-. The van der Waals surface area contributed by atoms with Gasteiger partial charge < -0.3 is 14.2 Å². The van der Waals surface area contributed by atoms with Gasteiger partial charge in [-0.05, 0) is 89.3 Å². The van der Waals surface area contributed by atoms with Crippen LogP contribution in [0.5, 0.6) is 17.2 Å². The lowest BCUT2D eigenvalue weighted by molar-refractivity contribution is -0.123. The average molecular weight is 650 g/mol. The first-order valence-electron chi connectivity index (χ1n) is 11.1. The van der Waals surface area contributed by atoms with Crippen molar-refractivity contribution < 1.29 is 28.6 Å². The fourth-order valence-electron chi connectivity index (χ4n) is 3.43. The van der Waals surface area contributed by atoms with Crippen LogP contribution in [0, 0.1) is 10.5 Å². The highest BCUT2D eigenvalue weighted by Gasteiger charge is 2.35.